The van der Waals surface area contributed by atoms with Crippen molar-refractivity contribution in [2.45, 2.75) is 33.4 Å². The van der Waals surface area contributed by atoms with E-state index >= 15 is 0 Å². The fourth-order valence-electron chi connectivity index (χ4n) is 2.88. The standard InChI is InChI=1S/C19H22N4/c1-13-9-14(2)11-16(10-13)12-20-18(17-7-5-4-6-8-17)19-21-15(3)22-23-19/h4-11,18,20H,12H2,1-3H3,(H,21,22,23)/t18-/m1/s1. The van der Waals surface area contributed by atoms with Crippen molar-refractivity contribution >= 4 is 0 Å². The molecule has 0 radical (unpaired) electrons. The molecular weight excluding hydrogens is 284 g/mol. The Hall–Kier alpha value is -2.46. The highest BCUT2D eigenvalue weighted by atomic mass is 15.2. The molecule has 0 fully saturated rings. The number of hydrogen-bond acceptors (Lipinski definition) is 3. The second-order valence-electron chi connectivity index (χ2n) is 6.00. The molecule has 3 rings (SSSR count). The number of nitrogens with one attached hydrogen (secondary N) is 2. The van der Waals surface area contributed by atoms with Crippen LogP contribution in [0.2, 0.25) is 0 Å². The zero-order chi connectivity index (χ0) is 16.2. The van der Waals surface area contributed by atoms with E-state index in [4.69, 9.17) is 0 Å². The highest BCUT2D eigenvalue weighted by molar-refractivity contribution is 5.29. The lowest BCUT2D eigenvalue weighted by molar-refractivity contribution is 0.577. The van der Waals surface area contributed by atoms with E-state index in [0.29, 0.717) is 0 Å². The van der Waals surface area contributed by atoms with Gasteiger partial charge in [0.05, 0.1) is 6.04 Å². The van der Waals surface area contributed by atoms with Gasteiger partial charge in [-0.15, -0.1) is 0 Å². The van der Waals surface area contributed by atoms with Crippen molar-refractivity contribution in [2.75, 3.05) is 0 Å². The second kappa shape index (κ2) is 6.75. The summed E-state index contributed by atoms with van der Waals surface area (Å²) in [4.78, 5) is 4.51. The van der Waals surface area contributed by atoms with Crippen LogP contribution in [0, 0.1) is 20.8 Å². The minimum atomic E-state index is -0.0260. The molecule has 0 amide bonds. The van der Waals surface area contributed by atoms with E-state index < -0.39 is 0 Å². The maximum Gasteiger partial charge on any atom is 0.172 e. The fraction of sp³-hybridized carbons (Fsp3) is 0.263. The summed E-state index contributed by atoms with van der Waals surface area (Å²) >= 11 is 0. The van der Waals surface area contributed by atoms with Gasteiger partial charge in [0.1, 0.15) is 5.82 Å². The Balaban J connectivity index is 1.84. The molecule has 1 heterocycles. The summed E-state index contributed by atoms with van der Waals surface area (Å²) in [6.07, 6.45) is 0. The molecule has 4 nitrogen and oxygen atoms in total. The van der Waals surface area contributed by atoms with Crippen molar-refractivity contribution in [1.82, 2.24) is 20.5 Å². The van der Waals surface area contributed by atoms with Crippen molar-refractivity contribution in [3.05, 3.63) is 82.4 Å². The second-order valence-corrected chi connectivity index (χ2v) is 6.00. The lowest BCUT2D eigenvalue weighted by Gasteiger charge is -2.17. The van der Waals surface area contributed by atoms with Crippen LogP contribution in [0.25, 0.3) is 0 Å². The maximum atomic E-state index is 4.51. The largest absolute Gasteiger partial charge is 0.299 e. The molecular formula is C19H22N4. The van der Waals surface area contributed by atoms with Crippen molar-refractivity contribution < 1.29 is 0 Å². The Bertz CT molecular complexity index is 757. The van der Waals surface area contributed by atoms with E-state index in [2.05, 4.69) is 64.7 Å². The monoisotopic (exact) mass is 306 g/mol. The molecule has 2 aromatic carbocycles. The van der Waals surface area contributed by atoms with Gasteiger partial charge < -0.3 is 0 Å². The van der Waals surface area contributed by atoms with E-state index in [1.165, 1.54) is 16.7 Å². The molecule has 4 heteroatoms. The summed E-state index contributed by atoms with van der Waals surface area (Å²) in [5.41, 5.74) is 5.00. The molecule has 1 atom stereocenters. The van der Waals surface area contributed by atoms with Crippen molar-refractivity contribution in [3.8, 4) is 0 Å². The van der Waals surface area contributed by atoms with Crippen molar-refractivity contribution in [2.24, 2.45) is 0 Å². The van der Waals surface area contributed by atoms with Crippen molar-refractivity contribution in [1.29, 1.82) is 0 Å². The first-order valence-electron chi connectivity index (χ1n) is 7.86. The zero-order valence-corrected chi connectivity index (χ0v) is 13.8. The van der Waals surface area contributed by atoms with Gasteiger partial charge in [0.2, 0.25) is 0 Å². The van der Waals surface area contributed by atoms with E-state index in [1.54, 1.807) is 0 Å². The molecule has 0 aliphatic heterocycles. The molecule has 0 aliphatic rings. The molecule has 1 aromatic heterocycles. The van der Waals surface area contributed by atoms with Crippen LogP contribution in [-0.2, 0) is 6.54 Å². The van der Waals surface area contributed by atoms with Crippen LogP contribution in [0.15, 0.2) is 48.5 Å². The quantitative estimate of drug-likeness (QED) is 0.757. The molecule has 0 aliphatic carbocycles. The summed E-state index contributed by atoms with van der Waals surface area (Å²) in [7, 11) is 0. The lowest BCUT2D eigenvalue weighted by atomic mass is 10.0. The first kappa shape index (κ1) is 15.4. The number of aryl methyl sites for hydroxylation is 3. The smallest absolute Gasteiger partial charge is 0.172 e. The Morgan fingerprint density at radius 2 is 1.70 bits per heavy atom. The van der Waals surface area contributed by atoms with Gasteiger partial charge in [-0.05, 0) is 31.9 Å². The highest BCUT2D eigenvalue weighted by Gasteiger charge is 2.17. The molecule has 0 bridgehead atoms. The third-order valence-electron chi connectivity index (χ3n) is 3.80. The van der Waals surface area contributed by atoms with E-state index in [-0.39, 0.29) is 6.04 Å². The summed E-state index contributed by atoms with van der Waals surface area (Å²) in [6, 6.07) is 16.9. The Morgan fingerprint density at radius 1 is 1.00 bits per heavy atom. The minimum Gasteiger partial charge on any atom is -0.299 e. The van der Waals surface area contributed by atoms with Gasteiger partial charge in [0.25, 0.3) is 0 Å². The van der Waals surface area contributed by atoms with Crippen LogP contribution in [-0.4, -0.2) is 15.2 Å². The average molecular weight is 306 g/mol. The van der Waals surface area contributed by atoms with Crippen LogP contribution in [0.5, 0.6) is 0 Å². The van der Waals surface area contributed by atoms with Gasteiger partial charge in [-0.2, -0.15) is 5.10 Å². The molecule has 0 unspecified atom stereocenters. The number of aromatic amines is 1. The van der Waals surface area contributed by atoms with Gasteiger partial charge in [-0.3, -0.25) is 10.4 Å². The van der Waals surface area contributed by atoms with Crippen LogP contribution in [0.1, 0.15) is 39.9 Å². The third kappa shape index (κ3) is 3.85. The molecule has 0 spiro atoms. The van der Waals surface area contributed by atoms with Crippen LogP contribution < -0.4 is 5.32 Å². The van der Waals surface area contributed by atoms with Crippen LogP contribution in [0.3, 0.4) is 0 Å². The van der Waals surface area contributed by atoms with Gasteiger partial charge in [0.15, 0.2) is 5.82 Å². The molecule has 2 N–H and O–H groups in total. The Labute approximate surface area is 137 Å². The number of benzene rings is 2. The first-order valence-corrected chi connectivity index (χ1v) is 7.86. The number of nitrogens with zero attached hydrogens (tertiary/aromatic N) is 2. The molecule has 118 valence electrons. The Kier molecular flexibility index (Phi) is 4.53. The average Bonchev–Trinajstić information content (AvgIpc) is 2.94. The molecule has 0 saturated carbocycles. The third-order valence-corrected chi connectivity index (χ3v) is 3.80. The van der Waals surface area contributed by atoms with Gasteiger partial charge >= 0.3 is 0 Å². The normalized spacial score (nSPS) is 12.3. The van der Waals surface area contributed by atoms with E-state index in [9.17, 15) is 0 Å². The summed E-state index contributed by atoms with van der Waals surface area (Å²) in [6.45, 7) is 6.95. The molecule has 0 saturated heterocycles. The highest BCUT2D eigenvalue weighted by Crippen LogP contribution is 2.20. The molecule has 3 aromatic rings. The SMILES string of the molecule is Cc1cc(C)cc(CN[C@H](c2ccccc2)c2n[nH]c(C)n2)c1. The van der Waals surface area contributed by atoms with E-state index in [0.717, 1.165) is 23.8 Å². The van der Waals surface area contributed by atoms with E-state index in [1.807, 2.05) is 25.1 Å². The van der Waals surface area contributed by atoms with Crippen molar-refractivity contribution in [3.63, 3.8) is 0 Å². The fourth-order valence-corrected chi connectivity index (χ4v) is 2.88. The first-order chi connectivity index (χ1) is 11.1. The van der Waals surface area contributed by atoms with Gasteiger partial charge in [-0.1, -0.05) is 59.7 Å². The predicted octanol–water partition coefficient (Wildman–Crippen LogP) is 3.61. The number of H-pyrrole nitrogens is 1. The predicted molar refractivity (Wildman–Crippen MR) is 92.2 cm³/mol. The number of aromatic nitrogens is 3. The van der Waals surface area contributed by atoms with Crippen LogP contribution in [0.4, 0.5) is 0 Å². The minimum absolute atomic E-state index is 0.0260. The number of rotatable bonds is 5. The topological polar surface area (TPSA) is 53.6 Å². The summed E-state index contributed by atoms with van der Waals surface area (Å²) in [5.74, 6) is 1.60. The Morgan fingerprint density at radius 3 is 2.30 bits per heavy atom. The maximum absolute atomic E-state index is 4.51. The summed E-state index contributed by atoms with van der Waals surface area (Å²) in [5, 5.41) is 10.9. The zero-order valence-electron chi connectivity index (χ0n) is 13.8. The number of hydrogen-bond donors (Lipinski definition) is 2. The lowest BCUT2D eigenvalue weighted by Crippen LogP contribution is -2.23. The molecule has 23 heavy (non-hydrogen) atoms. The van der Waals surface area contributed by atoms with Gasteiger partial charge in [0, 0.05) is 6.54 Å². The summed E-state index contributed by atoms with van der Waals surface area (Å²) < 4.78 is 0. The van der Waals surface area contributed by atoms with Crippen LogP contribution >= 0.6 is 0 Å². The van der Waals surface area contributed by atoms with Gasteiger partial charge in [-0.25, -0.2) is 4.98 Å².